The Morgan fingerprint density at radius 3 is 2.79 bits per heavy atom. The average Bonchev–Trinajstić information content (AvgIpc) is 2.43. The van der Waals surface area contributed by atoms with Gasteiger partial charge in [0.05, 0.1) is 5.52 Å². The van der Waals surface area contributed by atoms with Crippen LogP contribution in [0.15, 0.2) is 28.7 Å². The zero-order valence-electron chi connectivity index (χ0n) is 7.62. The van der Waals surface area contributed by atoms with Crippen LogP contribution in [0.25, 0.3) is 10.9 Å². The van der Waals surface area contributed by atoms with Crippen LogP contribution in [0.2, 0.25) is 0 Å². The lowest BCUT2D eigenvalue weighted by Gasteiger charge is -1.99. The first-order chi connectivity index (χ1) is 6.59. The number of benzene rings is 1. The highest BCUT2D eigenvalue weighted by molar-refractivity contribution is 9.10. The fourth-order valence-electron chi connectivity index (χ4n) is 1.48. The maximum Gasteiger partial charge on any atom is 0.178 e. The molecule has 0 spiro atoms. The number of Topliss-reactive ketones (excluding diaryl/α,β-unsaturated/α-hetero) is 1. The number of ketones is 1. The number of carbonyl (C=O) groups excluding carboxylic acids is 1. The lowest BCUT2D eigenvalue weighted by atomic mass is 10.2. The summed E-state index contributed by atoms with van der Waals surface area (Å²) in [6.45, 7) is 1.51. The van der Waals surface area contributed by atoms with Gasteiger partial charge in [0.2, 0.25) is 0 Å². The largest absolute Gasteiger partial charge is 0.338 e. The predicted octanol–water partition coefficient (Wildman–Crippen LogP) is 2.32. The summed E-state index contributed by atoms with van der Waals surface area (Å²) < 4.78 is 2.40. The lowest BCUT2D eigenvalue weighted by molar-refractivity contribution is 0.101. The molecular weight excluding hydrogens is 244 g/mol. The minimum atomic E-state index is -0.0279. The Bertz CT molecular complexity index is 516. The molecule has 1 aromatic carbocycles. The second-order valence-corrected chi connectivity index (χ2v) is 4.07. The number of carbonyl (C=O) groups is 1. The summed E-state index contributed by atoms with van der Waals surface area (Å²) in [6, 6.07) is 7.51. The summed E-state index contributed by atoms with van der Waals surface area (Å²) >= 11 is 3.37. The van der Waals surface area contributed by atoms with E-state index in [9.17, 15) is 4.79 Å². The van der Waals surface area contributed by atoms with Crippen LogP contribution in [-0.2, 0) is 0 Å². The minimum absolute atomic E-state index is 0.0279. The molecule has 0 fully saturated rings. The van der Waals surface area contributed by atoms with Gasteiger partial charge in [0.1, 0.15) is 5.69 Å². The molecule has 0 aliphatic rings. The van der Waals surface area contributed by atoms with Crippen LogP contribution >= 0.6 is 15.9 Å². The highest BCUT2D eigenvalue weighted by Gasteiger charge is 2.09. The maximum atomic E-state index is 11.2. The Balaban J connectivity index is 2.79. The van der Waals surface area contributed by atoms with Crippen molar-refractivity contribution in [2.45, 2.75) is 6.92 Å². The standard InChI is InChI=1S/C10H9BrN2O/c1-6(14)10-5-7-4-8(11)2-3-9(7)13(10)12/h2-5H,12H2,1H3. The van der Waals surface area contributed by atoms with Gasteiger partial charge in [-0.15, -0.1) is 0 Å². The van der Waals surface area contributed by atoms with E-state index in [4.69, 9.17) is 5.84 Å². The van der Waals surface area contributed by atoms with Crippen molar-refractivity contribution in [3.05, 3.63) is 34.4 Å². The number of nitrogens with zero attached hydrogens (tertiary/aromatic N) is 1. The number of halogens is 1. The molecule has 0 bridgehead atoms. The van der Waals surface area contributed by atoms with Gasteiger partial charge in [-0.25, -0.2) is 0 Å². The smallest absolute Gasteiger partial charge is 0.178 e. The molecule has 0 unspecified atom stereocenters. The van der Waals surface area contributed by atoms with Crippen molar-refractivity contribution in [3.63, 3.8) is 0 Å². The third-order valence-electron chi connectivity index (χ3n) is 2.16. The molecule has 0 aliphatic heterocycles. The maximum absolute atomic E-state index is 11.2. The second kappa shape index (κ2) is 3.13. The van der Waals surface area contributed by atoms with Crippen molar-refractivity contribution in [2.75, 3.05) is 5.84 Å². The SMILES string of the molecule is CC(=O)c1cc2cc(Br)ccc2n1N. The van der Waals surface area contributed by atoms with Crippen molar-refractivity contribution >= 4 is 32.6 Å². The van der Waals surface area contributed by atoms with Crippen LogP contribution in [0.4, 0.5) is 0 Å². The van der Waals surface area contributed by atoms with Crippen LogP contribution in [0, 0.1) is 0 Å². The van der Waals surface area contributed by atoms with Gasteiger partial charge in [-0.2, -0.15) is 0 Å². The molecule has 1 heterocycles. The molecule has 0 radical (unpaired) electrons. The van der Waals surface area contributed by atoms with Crippen LogP contribution < -0.4 is 5.84 Å². The zero-order chi connectivity index (χ0) is 10.3. The number of rotatable bonds is 1. The van der Waals surface area contributed by atoms with E-state index in [2.05, 4.69) is 15.9 Å². The fraction of sp³-hybridized carbons (Fsp3) is 0.100. The highest BCUT2D eigenvalue weighted by Crippen LogP contribution is 2.22. The molecular formula is C10H9BrN2O. The molecule has 0 amide bonds. The molecule has 2 rings (SSSR count). The number of nitrogens with two attached hydrogens (primary N) is 1. The van der Waals surface area contributed by atoms with E-state index in [0.29, 0.717) is 5.69 Å². The van der Waals surface area contributed by atoms with Gasteiger partial charge >= 0.3 is 0 Å². The Hall–Kier alpha value is -1.29. The average molecular weight is 253 g/mol. The van der Waals surface area contributed by atoms with E-state index in [0.717, 1.165) is 15.4 Å². The van der Waals surface area contributed by atoms with Crippen molar-refractivity contribution in [2.24, 2.45) is 0 Å². The normalized spacial score (nSPS) is 10.7. The molecule has 72 valence electrons. The van der Waals surface area contributed by atoms with E-state index in [1.54, 1.807) is 6.07 Å². The molecule has 0 saturated heterocycles. The van der Waals surface area contributed by atoms with Crippen molar-refractivity contribution in [1.82, 2.24) is 4.68 Å². The summed E-state index contributed by atoms with van der Waals surface area (Å²) in [7, 11) is 0. The first kappa shape index (κ1) is 9.27. The summed E-state index contributed by atoms with van der Waals surface area (Å²) in [5.74, 6) is 5.74. The van der Waals surface area contributed by atoms with E-state index < -0.39 is 0 Å². The van der Waals surface area contributed by atoms with Crippen molar-refractivity contribution in [3.8, 4) is 0 Å². The molecule has 0 aliphatic carbocycles. The third-order valence-corrected chi connectivity index (χ3v) is 2.65. The predicted molar refractivity (Wildman–Crippen MR) is 59.8 cm³/mol. The molecule has 1 aromatic heterocycles. The van der Waals surface area contributed by atoms with Gasteiger partial charge in [-0.05, 0) is 24.3 Å². The highest BCUT2D eigenvalue weighted by atomic mass is 79.9. The minimum Gasteiger partial charge on any atom is -0.338 e. The van der Waals surface area contributed by atoms with E-state index in [-0.39, 0.29) is 5.78 Å². The Morgan fingerprint density at radius 1 is 1.43 bits per heavy atom. The zero-order valence-corrected chi connectivity index (χ0v) is 9.21. The van der Waals surface area contributed by atoms with Gasteiger partial charge in [0.15, 0.2) is 5.78 Å². The van der Waals surface area contributed by atoms with Gasteiger partial charge in [0, 0.05) is 16.8 Å². The van der Waals surface area contributed by atoms with Gasteiger partial charge in [-0.1, -0.05) is 15.9 Å². The Labute approximate surface area is 89.6 Å². The summed E-state index contributed by atoms with van der Waals surface area (Å²) in [6.07, 6.45) is 0. The molecule has 0 atom stereocenters. The lowest BCUT2D eigenvalue weighted by Crippen LogP contribution is -2.14. The summed E-state index contributed by atoms with van der Waals surface area (Å²) in [5.41, 5.74) is 1.39. The number of hydrogen-bond donors (Lipinski definition) is 1. The topological polar surface area (TPSA) is 48.0 Å². The van der Waals surface area contributed by atoms with Gasteiger partial charge in [-0.3, -0.25) is 9.47 Å². The van der Waals surface area contributed by atoms with Gasteiger partial charge in [0.25, 0.3) is 0 Å². The Kier molecular flexibility index (Phi) is 2.07. The monoisotopic (exact) mass is 252 g/mol. The molecule has 2 aromatic rings. The number of hydrogen-bond acceptors (Lipinski definition) is 2. The van der Waals surface area contributed by atoms with E-state index in [1.165, 1.54) is 11.6 Å². The first-order valence-electron chi connectivity index (χ1n) is 4.16. The van der Waals surface area contributed by atoms with Crippen molar-refractivity contribution < 1.29 is 4.79 Å². The molecule has 4 heteroatoms. The van der Waals surface area contributed by atoms with Crippen LogP contribution in [0.1, 0.15) is 17.4 Å². The fourth-order valence-corrected chi connectivity index (χ4v) is 1.86. The molecule has 0 saturated carbocycles. The van der Waals surface area contributed by atoms with E-state index in [1.807, 2.05) is 18.2 Å². The van der Waals surface area contributed by atoms with E-state index >= 15 is 0 Å². The number of nitrogen functional groups attached to an aromatic ring is 1. The number of fused-ring (bicyclic) bond motifs is 1. The molecule has 3 nitrogen and oxygen atoms in total. The van der Waals surface area contributed by atoms with Crippen LogP contribution in [0.5, 0.6) is 0 Å². The molecule has 2 N–H and O–H groups in total. The second-order valence-electron chi connectivity index (χ2n) is 3.16. The summed E-state index contributed by atoms with van der Waals surface area (Å²) in [4.78, 5) is 11.2. The third kappa shape index (κ3) is 1.32. The van der Waals surface area contributed by atoms with Crippen molar-refractivity contribution in [1.29, 1.82) is 0 Å². The number of aromatic nitrogens is 1. The van der Waals surface area contributed by atoms with Crippen LogP contribution in [0.3, 0.4) is 0 Å². The Morgan fingerprint density at radius 2 is 2.14 bits per heavy atom. The van der Waals surface area contributed by atoms with Gasteiger partial charge < -0.3 is 5.84 Å². The van der Waals surface area contributed by atoms with Crippen LogP contribution in [-0.4, -0.2) is 10.5 Å². The summed E-state index contributed by atoms with van der Waals surface area (Å²) in [5, 5.41) is 0.965. The quantitative estimate of drug-likeness (QED) is 0.626. The first-order valence-corrected chi connectivity index (χ1v) is 4.96. The molecule has 14 heavy (non-hydrogen) atoms.